The molecule has 0 aliphatic heterocycles. The van der Waals surface area contributed by atoms with Gasteiger partial charge in [-0.2, -0.15) is 0 Å². The lowest BCUT2D eigenvalue weighted by molar-refractivity contribution is -0.475. The number of hydrogen-bond donors (Lipinski definition) is 0. The fourth-order valence-electron chi connectivity index (χ4n) is 3.09. The molecule has 0 fully saturated rings. The zero-order valence-electron chi connectivity index (χ0n) is 18.7. The van der Waals surface area contributed by atoms with E-state index >= 15 is 0 Å². The van der Waals surface area contributed by atoms with Crippen LogP contribution in [0.5, 0.6) is 0 Å². The molecule has 0 spiro atoms. The van der Waals surface area contributed by atoms with Crippen molar-refractivity contribution in [3.8, 4) is 0 Å². The van der Waals surface area contributed by atoms with Gasteiger partial charge in [-0.1, -0.05) is 0 Å². The molecule has 8 heteroatoms. The van der Waals surface area contributed by atoms with E-state index in [-0.39, 0.29) is 0 Å². The Bertz CT molecular complexity index is 413. The number of nitrogens with zero attached hydrogens (tertiary/aromatic N) is 6. The third-order valence-corrected chi connectivity index (χ3v) is 3.80. The summed E-state index contributed by atoms with van der Waals surface area (Å²) in [6.45, 7) is 4.30. The molecule has 0 bridgehead atoms. The first kappa shape index (κ1) is 24.5. The maximum absolute atomic E-state index is 5.69. The van der Waals surface area contributed by atoms with E-state index in [1.165, 1.54) is 0 Å². The fraction of sp³-hybridized carbons (Fsp3) is 0.889. The minimum absolute atomic E-state index is 0.620. The van der Waals surface area contributed by atoms with Crippen LogP contribution in [-0.4, -0.2) is 151 Å². The molecule has 154 valence electrons. The highest BCUT2D eigenvalue weighted by Gasteiger charge is 2.18. The third kappa shape index (κ3) is 9.24. The Labute approximate surface area is 160 Å². The summed E-state index contributed by atoms with van der Waals surface area (Å²) in [6.07, 6.45) is 0. The molecule has 26 heavy (non-hydrogen) atoms. The lowest BCUT2D eigenvalue weighted by Gasteiger charge is -2.21. The van der Waals surface area contributed by atoms with Crippen LogP contribution in [0, 0.1) is 0 Å². The number of ether oxygens (including phenoxy) is 2. The van der Waals surface area contributed by atoms with Gasteiger partial charge >= 0.3 is 11.9 Å². The molecule has 0 aromatic rings. The average molecular weight is 375 g/mol. The Balaban J connectivity index is 3.93. The highest BCUT2D eigenvalue weighted by molar-refractivity contribution is 5.74. The number of guanidine groups is 2. The summed E-state index contributed by atoms with van der Waals surface area (Å²) in [7, 11) is 20.5. The van der Waals surface area contributed by atoms with Crippen molar-refractivity contribution in [3.63, 3.8) is 0 Å². The van der Waals surface area contributed by atoms with Crippen LogP contribution in [-0.2, 0) is 9.47 Å². The molecule has 0 aliphatic rings. The van der Waals surface area contributed by atoms with Gasteiger partial charge in [0.15, 0.2) is 0 Å². The second-order valence-electron chi connectivity index (χ2n) is 7.25. The summed E-state index contributed by atoms with van der Waals surface area (Å²) in [5, 5.41) is 0. The summed E-state index contributed by atoms with van der Waals surface area (Å²) in [6, 6.07) is 0. The van der Waals surface area contributed by atoms with Gasteiger partial charge in [0.05, 0.1) is 110 Å². The Kier molecular flexibility index (Phi) is 12.0. The smallest absolute Gasteiger partial charge is 0.349 e. The van der Waals surface area contributed by atoms with Crippen LogP contribution in [0.3, 0.4) is 0 Å². The predicted molar refractivity (Wildman–Crippen MR) is 109 cm³/mol. The Morgan fingerprint density at radius 3 is 1.12 bits per heavy atom. The van der Waals surface area contributed by atoms with Gasteiger partial charge in [-0.3, -0.25) is 28.8 Å². The van der Waals surface area contributed by atoms with E-state index in [1.807, 2.05) is 56.4 Å². The Morgan fingerprint density at radius 1 is 0.577 bits per heavy atom. The van der Waals surface area contributed by atoms with Crippen molar-refractivity contribution in [3.05, 3.63) is 0 Å². The van der Waals surface area contributed by atoms with E-state index in [2.05, 4.69) is 42.8 Å². The van der Waals surface area contributed by atoms with Crippen molar-refractivity contribution < 1.29 is 18.6 Å². The summed E-state index contributed by atoms with van der Waals surface area (Å²) in [5.41, 5.74) is 0. The molecule has 0 amide bonds. The van der Waals surface area contributed by atoms with Crippen LogP contribution in [0.25, 0.3) is 0 Å². The molecule has 0 heterocycles. The topological polar surface area (TPSA) is 37.4 Å². The van der Waals surface area contributed by atoms with Crippen molar-refractivity contribution in [2.75, 3.05) is 110 Å². The zero-order valence-corrected chi connectivity index (χ0v) is 18.7. The van der Waals surface area contributed by atoms with Crippen LogP contribution in [0.1, 0.15) is 0 Å². The van der Waals surface area contributed by atoms with E-state index in [0.29, 0.717) is 26.4 Å². The molecule has 0 atom stereocenters. The van der Waals surface area contributed by atoms with Gasteiger partial charge in [-0.05, 0) is 0 Å². The maximum atomic E-state index is 5.69. The average Bonchev–Trinajstić information content (AvgIpc) is 2.48. The van der Waals surface area contributed by atoms with E-state index in [1.54, 1.807) is 0 Å². The van der Waals surface area contributed by atoms with Gasteiger partial charge in [0.2, 0.25) is 0 Å². The largest absolute Gasteiger partial charge is 0.376 e. The summed E-state index contributed by atoms with van der Waals surface area (Å²) < 4.78 is 15.6. The molecule has 0 radical (unpaired) electrons. The van der Waals surface area contributed by atoms with Crippen molar-refractivity contribution >= 4 is 11.9 Å². The summed E-state index contributed by atoms with van der Waals surface area (Å²) in [5.74, 6) is 2.31. The second kappa shape index (κ2) is 12.8. The van der Waals surface area contributed by atoms with Crippen molar-refractivity contribution in [2.24, 2.45) is 0 Å². The number of likely N-dealkylation sites (N-methyl/N-ethyl adjacent to an activating group) is 2. The molecule has 0 saturated heterocycles. The fourth-order valence-corrected chi connectivity index (χ4v) is 3.09. The maximum Gasteiger partial charge on any atom is 0.349 e. The Morgan fingerprint density at radius 2 is 0.885 bits per heavy atom. The van der Waals surface area contributed by atoms with E-state index in [4.69, 9.17) is 9.47 Å². The lowest BCUT2D eigenvalue weighted by atomic mass is 10.5. The molecule has 0 rings (SSSR count). The first-order chi connectivity index (χ1) is 12.1. The quantitative estimate of drug-likeness (QED) is 0.229. The number of rotatable bonds is 9. The molecule has 0 aromatic carbocycles. The van der Waals surface area contributed by atoms with Gasteiger partial charge in [-0.25, -0.2) is 0 Å². The minimum atomic E-state index is 0.620. The molecule has 8 nitrogen and oxygen atoms in total. The van der Waals surface area contributed by atoms with Gasteiger partial charge in [0, 0.05) is 0 Å². The van der Waals surface area contributed by atoms with Gasteiger partial charge in [0.1, 0.15) is 0 Å². The van der Waals surface area contributed by atoms with E-state index < -0.39 is 0 Å². The van der Waals surface area contributed by atoms with Crippen LogP contribution < -0.4 is 0 Å². The number of hydrogen-bond acceptors (Lipinski definition) is 2. The lowest BCUT2D eigenvalue weighted by Crippen LogP contribution is -2.44. The predicted octanol–water partition coefficient (Wildman–Crippen LogP) is -0.737. The standard InChI is InChI=1S/C18H42N6O2/c1-19(2)17(20(3)4)23(9)11-13-25-15-16-26-14-12-24(10)18(21(5)6)22(7)8/h11-16H2,1-10H3/q+2. The van der Waals surface area contributed by atoms with E-state index in [9.17, 15) is 0 Å². The van der Waals surface area contributed by atoms with Crippen molar-refractivity contribution in [1.29, 1.82) is 0 Å². The molecule has 0 unspecified atom stereocenters. The van der Waals surface area contributed by atoms with Crippen LogP contribution in [0.15, 0.2) is 0 Å². The van der Waals surface area contributed by atoms with Crippen LogP contribution >= 0.6 is 0 Å². The van der Waals surface area contributed by atoms with Gasteiger partial charge in [0.25, 0.3) is 0 Å². The monoisotopic (exact) mass is 374 g/mol. The zero-order chi connectivity index (χ0) is 20.3. The SMILES string of the molecule is CN(C)C(N(C)CCOCCOCCN(C)C(N(C)C)=[N+](C)C)=[N+](C)C. The molecule has 0 N–H and O–H groups in total. The van der Waals surface area contributed by atoms with Gasteiger partial charge < -0.3 is 9.47 Å². The molecule has 0 aliphatic carbocycles. The third-order valence-electron chi connectivity index (χ3n) is 3.80. The molecular formula is C18H42N6O2+2. The Hall–Kier alpha value is -1.54. The van der Waals surface area contributed by atoms with Gasteiger partial charge in [-0.15, -0.1) is 0 Å². The first-order valence-electron chi connectivity index (χ1n) is 9.10. The first-order valence-corrected chi connectivity index (χ1v) is 9.10. The molecular weight excluding hydrogens is 332 g/mol. The van der Waals surface area contributed by atoms with Crippen molar-refractivity contribution in [1.82, 2.24) is 19.6 Å². The van der Waals surface area contributed by atoms with E-state index in [0.717, 1.165) is 25.0 Å². The summed E-state index contributed by atoms with van der Waals surface area (Å²) in [4.78, 5) is 8.59. The highest BCUT2D eigenvalue weighted by atomic mass is 16.5. The second-order valence-corrected chi connectivity index (χ2v) is 7.25. The molecule has 0 saturated carbocycles. The van der Waals surface area contributed by atoms with Crippen LogP contribution in [0.2, 0.25) is 0 Å². The van der Waals surface area contributed by atoms with Crippen molar-refractivity contribution in [2.45, 2.75) is 0 Å². The molecule has 0 aromatic heterocycles. The minimum Gasteiger partial charge on any atom is -0.376 e. The summed E-state index contributed by atoms with van der Waals surface area (Å²) >= 11 is 0. The highest BCUT2D eigenvalue weighted by Crippen LogP contribution is 1.93. The normalized spacial score (nSPS) is 10.4. The van der Waals surface area contributed by atoms with Crippen LogP contribution in [0.4, 0.5) is 0 Å².